The third-order valence-corrected chi connectivity index (χ3v) is 3.69. The molecular weight excluding hydrogens is 328 g/mol. The zero-order valence-electron chi connectivity index (χ0n) is 14.0. The van der Waals surface area contributed by atoms with Crippen molar-refractivity contribution in [3.63, 3.8) is 0 Å². The SMILES string of the molecule is O=C(CONC(=O)c1ccccc1)Nc1ccccc1-c1ccccc1. The quantitative estimate of drug-likeness (QED) is 0.670. The van der Waals surface area contributed by atoms with Crippen molar-refractivity contribution in [2.75, 3.05) is 11.9 Å². The molecule has 5 nitrogen and oxygen atoms in total. The van der Waals surface area contributed by atoms with Crippen LogP contribution in [0.4, 0.5) is 5.69 Å². The van der Waals surface area contributed by atoms with Crippen molar-refractivity contribution in [2.45, 2.75) is 0 Å². The first kappa shape index (κ1) is 17.4. The molecule has 0 saturated carbocycles. The van der Waals surface area contributed by atoms with Gasteiger partial charge in [0.25, 0.3) is 11.8 Å². The van der Waals surface area contributed by atoms with Gasteiger partial charge in [0.05, 0.1) is 0 Å². The molecule has 0 aliphatic rings. The van der Waals surface area contributed by atoms with Crippen LogP contribution in [-0.2, 0) is 9.63 Å². The molecule has 0 radical (unpaired) electrons. The summed E-state index contributed by atoms with van der Waals surface area (Å²) in [7, 11) is 0. The fourth-order valence-electron chi connectivity index (χ4n) is 2.46. The summed E-state index contributed by atoms with van der Waals surface area (Å²) < 4.78 is 0. The fraction of sp³-hybridized carbons (Fsp3) is 0.0476. The lowest BCUT2D eigenvalue weighted by molar-refractivity contribution is -0.122. The predicted molar refractivity (Wildman–Crippen MR) is 100 cm³/mol. The molecule has 3 aromatic rings. The second-order valence-electron chi connectivity index (χ2n) is 5.55. The largest absolute Gasteiger partial charge is 0.323 e. The Morgan fingerprint density at radius 2 is 1.38 bits per heavy atom. The van der Waals surface area contributed by atoms with Gasteiger partial charge in [-0.15, -0.1) is 0 Å². The van der Waals surface area contributed by atoms with Crippen LogP contribution in [0.3, 0.4) is 0 Å². The molecule has 0 bridgehead atoms. The summed E-state index contributed by atoms with van der Waals surface area (Å²) in [5.41, 5.74) is 5.32. The zero-order valence-corrected chi connectivity index (χ0v) is 14.0. The molecule has 0 saturated heterocycles. The number of hydroxylamine groups is 1. The highest BCUT2D eigenvalue weighted by molar-refractivity contribution is 5.96. The second-order valence-corrected chi connectivity index (χ2v) is 5.55. The number of carbonyl (C=O) groups is 2. The number of nitrogens with one attached hydrogen (secondary N) is 2. The van der Waals surface area contributed by atoms with E-state index < -0.39 is 5.91 Å². The molecule has 0 spiro atoms. The van der Waals surface area contributed by atoms with Gasteiger partial charge in [-0.25, -0.2) is 5.48 Å². The topological polar surface area (TPSA) is 67.4 Å². The third-order valence-electron chi connectivity index (χ3n) is 3.69. The van der Waals surface area contributed by atoms with Crippen molar-refractivity contribution >= 4 is 17.5 Å². The molecule has 0 unspecified atom stereocenters. The van der Waals surface area contributed by atoms with E-state index in [1.54, 1.807) is 24.3 Å². The van der Waals surface area contributed by atoms with Crippen molar-refractivity contribution in [1.29, 1.82) is 0 Å². The first-order valence-electron chi connectivity index (χ1n) is 8.15. The smallest absolute Gasteiger partial charge is 0.274 e. The predicted octanol–water partition coefficient (Wildman–Crippen LogP) is 3.65. The van der Waals surface area contributed by atoms with E-state index in [0.29, 0.717) is 11.3 Å². The minimum absolute atomic E-state index is 0.290. The van der Waals surface area contributed by atoms with Crippen molar-refractivity contribution in [3.8, 4) is 11.1 Å². The lowest BCUT2D eigenvalue weighted by Crippen LogP contribution is -2.29. The molecule has 5 heteroatoms. The van der Waals surface area contributed by atoms with Crippen LogP contribution in [0.15, 0.2) is 84.9 Å². The minimum atomic E-state index is -0.400. The van der Waals surface area contributed by atoms with Gasteiger partial charge in [0, 0.05) is 16.8 Å². The standard InChI is InChI=1S/C21H18N2O3/c24-20(15-26-23-21(25)17-11-5-2-6-12-17)22-19-14-8-7-13-18(19)16-9-3-1-4-10-16/h1-14H,15H2,(H,22,24)(H,23,25). The van der Waals surface area contributed by atoms with Crippen molar-refractivity contribution < 1.29 is 14.4 Å². The van der Waals surface area contributed by atoms with Crippen LogP contribution in [0.2, 0.25) is 0 Å². The molecular formula is C21H18N2O3. The average Bonchev–Trinajstić information content (AvgIpc) is 2.69. The Kier molecular flexibility index (Phi) is 5.75. The number of benzene rings is 3. The van der Waals surface area contributed by atoms with E-state index >= 15 is 0 Å². The summed E-state index contributed by atoms with van der Waals surface area (Å²) in [6.45, 7) is -0.290. The molecule has 0 aliphatic carbocycles. The van der Waals surface area contributed by atoms with Crippen LogP contribution in [0.1, 0.15) is 10.4 Å². The maximum Gasteiger partial charge on any atom is 0.274 e. The lowest BCUT2D eigenvalue weighted by atomic mass is 10.0. The Morgan fingerprint density at radius 1 is 0.769 bits per heavy atom. The Morgan fingerprint density at radius 3 is 2.12 bits per heavy atom. The van der Waals surface area contributed by atoms with Crippen LogP contribution in [-0.4, -0.2) is 18.4 Å². The van der Waals surface area contributed by atoms with Crippen molar-refractivity contribution in [2.24, 2.45) is 0 Å². The first-order chi connectivity index (χ1) is 12.7. The molecule has 0 fully saturated rings. The summed E-state index contributed by atoms with van der Waals surface area (Å²) in [6.07, 6.45) is 0. The summed E-state index contributed by atoms with van der Waals surface area (Å²) >= 11 is 0. The highest BCUT2D eigenvalue weighted by Gasteiger charge is 2.10. The van der Waals surface area contributed by atoms with E-state index in [9.17, 15) is 9.59 Å². The Balaban J connectivity index is 1.57. The van der Waals surface area contributed by atoms with Crippen LogP contribution in [0, 0.1) is 0 Å². The van der Waals surface area contributed by atoms with Crippen molar-refractivity contribution in [1.82, 2.24) is 5.48 Å². The van der Waals surface area contributed by atoms with Gasteiger partial charge in [-0.05, 0) is 23.8 Å². The summed E-state index contributed by atoms with van der Waals surface area (Å²) in [4.78, 5) is 29.0. The number of amides is 2. The zero-order chi connectivity index (χ0) is 18.2. The van der Waals surface area contributed by atoms with Crippen molar-refractivity contribution in [3.05, 3.63) is 90.5 Å². The second kappa shape index (κ2) is 8.60. The van der Waals surface area contributed by atoms with E-state index in [1.807, 2.05) is 60.7 Å². The van der Waals surface area contributed by atoms with E-state index in [1.165, 1.54) is 0 Å². The molecule has 3 rings (SSSR count). The molecule has 2 N–H and O–H groups in total. The summed E-state index contributed by atoms with van der Waals surface area (Å²) in [5.74, 6) is -0.759. The number of hydrogen-bond acceptors (Lipinski definition) is 3. The van der Waals surface area contributed by atoms with E-state index in [-0.39, 0.29) is 12.5 Å². The molecule has 26 heavy (non-hydrogen) atoms. The summed E-state index contributed by atoms with van der Waals surface area (Å²) in [5, 5.41) is 2.81. The minimum Gasteiger partial charge on any atom is -0.323 e. The molecule has 0 aliphatic heterocycles. The highest BCUT2D eigenvalue weighted by Crippen LogP contribution is 2.27. The first-order valence-corrected chi connectivity index (χ1v) is 8.15. The number of carbonyl (C=O) groups excluding carboxylic acids is 2. The van der Waals surface area contributed by atoms with Gasteiger partial charge in [0.2, 0.25) is 0 Å². The van der Waals surface area contributed by atoms with Crippen LogP contribution < -0.4 is 10.8 Å². The average molecular weight is 346 g/mol. The Bertz CT molecular complexity index is 880. The molecule has 0 aromatic heterocycles. The van der Waals surface area contributed by atoms with Crippen LogP contribution in [0.25, 0.3) is 11.1 Å². The maximum atomic E-state index is 12.1. The molecule has 0 atom stereocenters. The molecule has 3 aromatic carbocycles. The van der Waals surface area contributed by atoms with E-state index in [2.05, 4.69) is 10.8 Å². The van der Waals surface area contributed by atoms with E-state index in [4.69, 9.17) is 4.84 Å². The van der Waals surface area contributed by atoms with Gasteiger partial charge in [-0.2, -0.15) is 0 Å². The molecule has 0 heterocycles. The fourth-order valence-corrected chi connectivity index (χ4v) is 2.46. The highest BCUT2D eigenvalue weighted by atomic mass is 16.7. The van der Waals surface area contributed by atoms with Gasteiger partial charge in [-0.1, -0.05) is 66.7 Å². The Hall–Kier alpha value is -3.44. The lowest BCUT2D eigenvalue weighted by Gasteiger charge is -2.11. The van der Waals surface area contributed by atoms with Gasteiger partial charge < -0.3 is 5.32 Å². The van der Waals surface area contributed by atoms with Crippen LogP contribution in [0.5, 0.6) is 0 Å². The summed E-state index contributed by atoms with van der Waals surface area (Å²) in [6, 6.07) is 25.9. The monoisotopic (exact) mass is 346 g/mol. The van der Waals surface area contributed by atoms with E-state index in [0.717, 1.165) is 11.1 Å². The van der Waals surface area contributed by atoms with Gasteiger partial charge in [-0.3, -0.25) is 14.4 Å². The number of anilines is 1. The third kappa shape index (κ3) is 4.55. The Labute approximate surface area is 151 Å². The maximum absolute atomic E-state index is 12.1. The number of hydrogen-bond donors (Lipinski definition) is 2. The normalized spacial score (nSPS) is 10.2. The number of rotatable bonds is 6. The van der Waals surface area contributed by atoms with Gasteiger partial charge in [0.1, 0.15) is 0 Å². The molecule has 2 amide bonds. The van der Waals surface area contributed by atoms with Gasteiger partial charge in [0.15, 0.2) is 6.61 Å². The number of para-hydroxylation sites is 1. The molecule has 130 valence electrons. The van der Waals surface area contributed by atoms with Crippen LogP contribution >= 0.6 is 0 Å². The van der Waals surface area contributed by atoms with Gasteiger partial charge >= 0.3 is 0 Å².